The second kappa shape index (κ2) is 8.89. The Hall–Kier alpha value is -3.02. The van der Waals surface area contributed by atoms with Gasteiger partial charge in [0.1, 0.15) is 6.04 Å². The molecule has 0 spiro atoms. The van der Waals surface area contributed by atoms with Crippen molar-refractivity contribution in [1.82, 2.24) is 15.5 Å². The Morgan fingerprint density at radius 1 is 1.54 bits per heavy atom. The minimum atomic E-state index is -0.710. The van der Waals surface area contributed by atoms with Crippen LogP contribution in [0, 0.1) is 0 Å². The third-order valence-electron chi connectivity index (χ3n) is 3.85. The molecule has 26 heavy (non-hydrogen) atoms. The van der Waals surface area contributed by atoms with E-state index in [-0.39, 0.29) is 25.3 Å². The lowest BCUT2D eigenvalue weighted by molar-refractivity contribution is -0.153. The lowest BCUT2D eigenvalue weighted by Crippen LogP contribution is -2.48. The molecule has 0 aliphatic carbocycles. The van der Waals surface area contributed by atoms with Crippen LogP contribution in [-0.2, 0) is 14.4 Å². The molecule has 1 saturated heterocycles. The lowest BCUT2D eigenvalue weighted by Gasteiger charge is -2.24. The highest BCUT2D eigenvalue weighted by molar-refractivity contribution is 5.98. The van der Waals surface area contributed by atoms with Crippen molar-refractivity contribution in [2.45, 2.75) is 18.9 Å². The molecule has 2 rings (SSSR count). The maximum Gasteiger partial charge on any atom is 0.248 e. The van der Waals surface area contributed by atoms with Crippen LogP contribution in [0.15, 0.2) is 23.2 Å². The predicted molar refractivity (Wildman–Crippen MR) is 94.5 cm³/mol. The van der Waals surface area contributed by atoms with Gasteiger partial charge in [0.05, 0.1) is 17.9 Å². The van der Waals surface area contributed by atoms with Crippen molar-refractivity contribution in [3.63, 3.8) is 0 Å². The minimum absolute atomic E-state index is 0.118. The van der Waals surface area contributed by atoms with Gasteiger partial charge < -0.3 is 10.7 Å². The molecule has 140 valence electrons. The largest absolute Gasteiger partial charge is 0.324 e. The number of nitrogen functional groups attached to an aromatic ring is 1. The molecule has 6 N–H and O–H groups in total. The number of nitrogens with zero attached hydrogens (tertiary/aromatic N) is 3. The number of hydroxylamine groups is 2. The van der Waals surface area contributed by atoms with Gasteiger partial charge in [-0.2, -0.15) is 0 Å². The highest BCUT2D eigenvalue weighted by Crippen LogP contribution is 2.27. The molecule has 1 aromatic carbocycles. The summed E-state index contributed by atoms with van der Waals surface area (Å²) in [5, 5.41) is 13.4. The monoisotopic (exact) mass is 363 g/mol. The molecule has 1 aromatic rings. The van der Waals surface area contributed by atoms with Crippen molar-refractivity contribution in [1.29, 1.82) is 0 Å². The number of rotatable bonds is 8. The summed E-state index contributed by atoms with van der Waals surface area (Å²) in [5.74, 6) is 4.59. The molecule has 0 aromatic heterocycles. The van der Waals surface area contributed by atoms with Crippen molar-refractivity contribution < 1.29 is 19.6 Å². The molecule has 1 atom stereocenters. The van der Waals surface area contributed by atoms with Gasteiger partial charge in [-0.1, -0.05) is 0 Å². The van der Waals surface area contributed by atoms with E-state index in [0.29, 0.717) is 35.1 Å². The maximum atomic E-state index is 12.5. The number of aliphatic imine (C=N–C) groups is 1. The predicted octanol–water partition coefficient (Wildman–Crippen LogP) is -0.414. The fourth-order valence-corrected chi connectivity index (χ4v) is 2.54. The number of anilines is 2. The minimum Gasteiger partial charge on any atom is -0.324 e. The smallest absolute Gasteiger partial charge is 0.248 e. The Labute approximate surface area is 149 Å². The summed E-state index contributed by atoms with van der Waals surface area (Å²) in [6.45, 7) is 3.74. The SMILES string of the molecule is C=Nc1cc(NC(=O)[C@@H]2CCNN2C(=O)CCN(O)C=O)ccc1NN. The first-order valence-electron chi connectivity index (χ1n) is 7.84. The van der Waals surface area contributed by atoms with Crippen LogP contribution in [0.2, 0.25) is 0 Å². The molecule has 0 radical (unpaired) electrons. The van der Waals surface area contributed by atoms with Crippen molar-refractivity contribution in [3.05, 3.63) is 18.2 Å². The van der Waals surface area contributed by atoms with E-state index < -0.39 is 11.9 Å². The zero-order valence-electron chi connectivity index (χ0n) is 14.0. The van der Waals surface area contributed by atoms with E-state index in [1.807, 2.05) is 0 Å². The molecular weight excluding hydrogens is 342 g/mol. The Morgan fingerprint density at radius 2 is 2.31 bits per heavy atom. The van der Waals surface area contributed by atoms with E-state index in [1.54, 1.807) is 18.2 Å². The summed E-state index contributed by atoms with van der Waals surface area (Å²) >= 11 is 0. The zero-order valence-corrected chi connectivity index (χ0v) is 14.0. The molecule has 0 bridgehead atoms. The number of hydrogen-bond donors (Lipinski definition) is 5. The number of nitrogens with two attached hydrogens (primary N) is 1. The summed E-state index contributed by atoms with van der Waals surface area (Å²) in [4.78, 5) is 38.9. The van der Waals surface area contributed by atoms with Gasteiger partial charge in [-0.15, -0.1) is 0 Å². The first-order chi connectivity index (χ1) is 12.5. The molecular formula is C15H21N7O4. The highest BCUT2D eigenvalue weighted by Gasteiger charge is 2.34. The molecule has 0 unspecified atom stereocenters. The van der Waals surface area contributed by atoms with Crippen LogP contribution in [0.5, 0.6) is 0 Å². The van der Waals surface area contributed by atoms with Crippen molar-refractivity contribution in [2.75, 3.05) is 23.8 Å². The van der Waals surface area contributed by atoms with Gasteiger partial charge in [0.15, 0.2) is 0 Å². The van der Waals surface area contributed by atoms with Crippen LogP contribution in [0.3, 0.4) is 0 Å². The van der Waals surface area contributed by atoms with Gasteiger partial charge in [0.25, 0.3) is 0 Å². The fourth-order valence-electron chi connectivity index (χ4n) is 2.54. The second-order valence-electron chi connectivity index (χ2n) is 5.52. The van der Waals surface area contributed by atoms with Crippen molar-refractivity contribution in [2.24, 2.45) is 10.8 Å². The molecule has 1 aliphatic heterocycles. The average Bonchev–Trinajstić information content (AvgIpc) is 3.15. The Morgan fingerprint density at radius 3 is 2.96 bits per heavy atom. The Bertz CT molecular complexity index is 697. The van der Waals surface area contributed by atoms with Crippen LogP contribution in [0.4, 0.5) is 17.1 Å². The van der Waals surface area contributed by atoms with Crippen LogP contribution in [0.25, 0.3) is 0 Å². The first kappa shape index (κ1) is 19.3. The van der Waals surface area contributed by atoms with Gasteiger partial charge in [-0.25, -0.2) is 10.5 Å². The van der Waals surface area contributed by atoms with Gasteiger partial charge in [0.2, 0.25) is 18.2 Å². The average molecular weight is 363 g/mol. The number of carbonyl (C=O) groups is 3. The van der Waals surface area contributed by atoms with E-state index in [0.717, 1.165) is 0 Å². The molecule has 1 aliphatic rings. The summed E-state index contributed by atoms with van der Waals surface area (Å²) in [7, 11) is 0. The van der Waals surface area contributed by atoms with Crippen LogP contribution >= 0.6 is 0 Å². The molecule has 0 saturated carbocycles. The zero-order chi connectivity index (χ0) is 19.1. The normalized spacial score (nSPS) is 16.1. The number of amides is 3. The van der Waals surface area contributed by atoms with E-state index in [9.17, 15) is 14.4 Å². The third-order valence-corrected chi connectivity index (χ3v) is 3.85. The summed E-state index contributed by atoms with van der Waals surface area (Å²) in [5.41, 5.74) is 6.82. The summed E-state index contributed by atoms with van der Waals surface area (Å²) in [6.07, 6.45) is 0.524. The molecule has 1 heterocycles. The molecule has 3 amide bonds. The topological polar surface area (TPSA) is 152 Å². The first-order valence-corrected chi connectivity index (χ1v) is 7.84. The Balaban J connectivity index is 2.02. The number of nitrogens with one attached hydrogen (secondary N) is 3. The van der Waals surface area contributed by atoms with Crippen LogP contribution in [0.1, 0.15) is 12.8 Å². The van der Waals surface area contributed by atoms with E-state index in [2.05, 4.69) is 27.9 Å². The van der Waals surface area contributed by atoms with Gasteiger partial charge >= 0.3 is 0 Å². The van der Waals surface area contributed by atoms with Crippen LogP contribution in [-0.4, -0.2) is 59.4 Å². The number of hydrazine groups is 2. The van der Waals surface area contributed by atoms with E-state index in [4.69, 9.17) is 11.0 Å². The lowest BCUT2D eigenvalue weighted by atomic mass is 10.2. The number of hydrogen-bond acceptors (Lipinski definition) is 8. The molecule has 11 heteroatoms. The standard InChI is InChI=1S/C15H21N7O4/c1-17-12-8-10(2-3-11(12)20-16)19-15(25)13-4-6-18-22(13)14(24)5-7-21(26)9-23/h2-3,8-9,13,18,20,26H,1,4-7,16H2,(H,19,25)/t13-/m0/s1. The number of carbonyl (C=O) groups excluding carboxylic acids is 3. The molecule has 1 fully saturated rings. The highest BCUT2D eigenvalue weighted by atomic mass is 16.5. The maximum absolute atomic E-state index is 12.5. The van der Waals surface area contributed by atoms with Crippen LogP contribution < -0.4 is 22.0 Å². The van der Waals surface area contributed by atoms with Gasteiger partial charge in [0, 0.05) is 18.7 Å². The van der Waals surface area contributed by atoms with E-state index in [1.165, 1.54) is 5.01 Å². The third kappa shape index (κ3) is 4.53. The summed E-state index contributed by atoms with van der Waals surface area (Å²) < 4.78 is 0. The summed E-state index contributed by atoms with van der Waals surface area (Å²) in [6, 6.07) is 4.18. The van der Waals surface area contributed by atoms with Crippen molar-refractivity contribution in [3.8, 4) is 0 Å². The second-order valence-corrected chi connectivity index (χ2v) is 5.52. The van der Waals surface area contributed by atoms with Gasteiger partial charge in [-0.3, -0.25) is 35.4 Å². The quantitative estimate of drug-likeness (QED) is 0.138. The van der Waals surface area contributed by atoms with Crippen molar-refractivity contribution >= 4 is 42.0 Å². The fraction of sp³-hybridized carbons (Fsp3) is 0.333. The Kier molecular flexibility index (Phi) is 6.60. The van der Waals surface area contributed by atoms with E-state index >= 15 is 0 Å². The van der Waals surface area contributed by atoms with Gasteiger partial charge in [-0.05, 0) is 31.3 Å². The molecule has 11 nitrogen and oxygen atoms in total. The number of benzene rings is 1.